The van der Waals surface area contributed by atoms with Crippen LogP contribution in [0.25, 0.3) is 0 Å². The van der Waals surface area contributed by atoms with Gasteiger partial charge in [0, 0.05) is 6.54 Å². The lowest BCUT2D eigenvalue weighted by Crippen LogP contribution is -2.02. The monoisotopic (exact) mass is 271 g/mol. The van der Waals surface area contributed by atoms with E-state index in [1.807, 2.05) is 0 Å². The molecular formula is C11H8Cl2FN3. The van der Waals surface area contributed by atoms with Crippen molar-refractivity contribution in [3.8, 4) is 0 Å². The Bertz CT molecular complexity index is 517. The average molecular weight is 272 g/mol. The van der Waals surface area contributed by atoms with Gasteiger partial charge in [-0.15, -0.1) is 0 Å². The highest BCUT2D eigenvalue weighted by atomic mass is 35.5. The van der Waals surface area contributed by atoms with E-state index in [9.17, 15) is 4.39 Å². The van der Waals surface area contributed by atoms with Crippen molar-refractivity contribution in [1.82, 2.24) is 9.97 Å². The molecule has 0 bridgehead atoms. The second-order valence-electron chi connectivity index (χ2n) is 3.32. The molecule has 0 saturated carbocycles. The molecule has 0 spiro atoms. The number of halogens is 3. The topological polar surface area (TPSA) is 37.8 Å². The van der Waals surface area contributed by atoms with Gasteiger partial charge in [0.1, 0.15) is 16.7 Å². The van der Waals surface area contributed by atoms with Gasteiger partial charge in [-0.3, -0.25) is 0 Å². The van der Waals surface area contributed by atoms with Gasteiger partial charge in [0.25, 0.3) is 0 Å². The maximum atomic E-state index is 12.7. The van der Waals surface area contributed by atoms with Gasteiger partial charge in [0.05, 0.1) is 6.20 Å². The lowest BCUT2D eigenvalue weighted by molar-refractivity contribution is 0.627. The lowest BCUT2D eigenvalue weighted by atomic mass is 10.2. The van der Waals surface area contributed by atoms with Crippen molar-refractivity contribution in [2.75, 3.05) is 5.32 Å². The molecule has 6 heteroatoms. The van der Waals surface area contributed by atoms with Crippen LogP contribution in [0.4, 0.5) is 10.2 Å². The van der Waals surface area contributed by atoms with Crippen molar-refractivity contribution in [2.45, 2.75) is 6.54 Å². The van der Waals surface area contributed by atoms with Gasteiger partial charge in [-0.25, -0.2) is 9.37 Å². The third kappa shape index (κ3) is 3.28. The SMILES string of the molecule is Fc1ccc(CNc2nc(Cl)ncc2Cl)cc1. The van der Waals surface area contributed by atoms with E-state index in [1.165, 1.54) is 18.3 Å². The first-order chi connectivity index (χ1) is 8.15. The molecule has 3 nitrogen and oxygen atoms in total. The summed E-state index contributed by atoms with van der Waals surface area (Å²) in [6.07, 6.45) is 1.42. The van der Waals surface area contributed by atoms with Crippen LogP contribution in [0, 0.1) is 5.82 Å². The predicted molar refractivity (Wildman–Crippen MR) is 65.8 cm³/mol. The van der Waals surface area contributed by atoms with Gasteiger partial charge in [0.2, 0.25) is 5.28 Å². The Hall–Kier alpha value is -1.39. The van der Waals surface area contributed by atoms with Crippen LogP contribution in [0.1, 0.15) is 5.56 Å². The van der Waals surface area contributed by atoms with Crippen molar-refractivity contribution < 1.29 is 4.39 Å². The van der Waals surface area contributed by atoms with Crippen molar-refractivity contribution >= 4 is 29.0 Å². The highest BCUT2D eigenvalue weighted by Gasteiger charge is 2.03. The summed E-state index contributed by atoms with van der Waals surface area (Å²) in [4.78, 5) is 7.68. The van der Waals surface area contributed by atoms with E-state index in [-0.39, 0.29) is 11.1 Å². The summed E-state index contributed by atoms with van der Waals surface area (Å²) >= 11 is 11.5. The molecule has 0 saturated heterocycles. The highest BCUT2D eigenvalue weighted by Crippen LogP contribution is 2.20. The summed E-state index contributed by atoms with van der Waals surface area (Å²) in [5, 5.41) is 3.51. The normalized spacial score (nSPS) is 10.3. The highest BCUT2D eigenvalue weighted by molar-refractivity contribution is 6.33. The van der Waals surface area contributed by atoms with Crippen molar-refractivity contribution in [3.05, 3.63) is 52.1 Å². The predicted octanol–water partition coefficient (Wildman–Crippen LogP) is 3.53. The van der Waals surface area contributed by atoms with Crippen LogP contribution in [0.2, 0.25) is 10.3 Å². The molecule has 0 aliphatic carbocycles. The zero-order valence-electron chi connectivity index (χ0n) is 8.62. The molecule has 0 unspecified atom stereocenters. The first-order valence-electron chi connectivity index (χ1n) is 4.81. The van der Waals surface area contributed by atoms with Crippen LogP contribution in [0.15, 0.2) is 30.5 Å². The summed E-state index contributed by atoms with van der Waals surface area (Å²) in [6, 6.07) is 6.15. The number of aromatic nitrogens is 2. The first-order valence-corrected chi connectivity index (χ1v) is 5.57. The molecule has 0 fully saturated rings. The van der Waals surface area contributed by atoms with E-state index >= 15 is 0 Å². The number of nitrogens with zero attached hydrogens (tertiary/aromatic N) is 2. The molecule has 1 heterocycles. The van der Waals surface area contributed by atoms with Crippen molar-refractivity contribution in [3.63, 3.8) is 0 Å². The quantitative estimate of drug-likeness (QED) is 0.868. The largest absolute Gasteiger partial charge is 0.365 e. The summed E-state index contributed by atoms with van der Waals surface area (Å²) < 4.78 is 12.7. The third-order valence-electron chi connectivity index (χ3n) is 2.09. The Morgan fingerprint density at radius 3 is 2.59 bits per heavy atom. The molecule has 88 valence electrons. The van der Waals surface area contributed by atoms with Gasteiger partial charge in [-0.2, -0.15) is 4.98 Å². The van der Waals surface area contributed by atoms with Gasteiger partial charge >= 0.3 is 0 Å². The van der Waals surface area contributed by atoms with Gasteiger partial charge in [0.15, 0.2) is 0 Å². The van der Waals surface area contributed by atoms with Crippen molar-refractivity contribution in [1.29, 1.82) is 0 Å². The fourth-order valence-electron chi connectivity index (χ4n) is 1.26. The molecule has 17 heavy (non-hydrogen) atoms. The molecule has 1 aromatic heterocycles. The molecule has 1 aromatic carbocycles. The summed E-state index contributed by atoms with van der Waals surface area (Å²) in [6.45, 7) is 0.480. The number of nitrogens with one attached hydrogen (secondary N) is 1. The summed E-state index contributed by atoms with van der Waals surface area (Å²) in [7, 11) is 0. The molecule has 0 amide bonds. The van der Waals surface area contributed by atoms with E-state index in [0.29, 0.717) is 17.4 Å². The summed E-state index contributed by atoms with van der Waals surface area (Å²) in [5.41, 5.74) is 0.914. The van der Waals surface area contributed by atoms with Crippen molar-refractivity contribution in [2.24, 2.45) is 0 Å². The molecule has 1 N–H and O–H groups in total. The number of hydrogen-bond acceptors (Lipinski definition) is 3. The van der Waals surface area contributed by atoms with Crippen LogP contribution < -0.4 is 5.32 Å². The molecule has 2 rings (SSSR count). The average Bonchev–Trinajstić information content (AvgIpc) is 2.32. The number of benzene rings is 1. The van der Waals surface area contributed by atoms with E-state index < -0.39 is 0 Å². The second-order valence-corrected chi connectivity index (χ2v) is 4.06. The zero-order valence-corrected chi connectivity index (χ0v) is 10.1. The Labute approximate surface area is 108 Å². The van der Waals surface area contributed by atoms with E-state index in [4.69, 9.17) is 23.2 Å². The minimum absolute atomic E-state index is 0.121. The molecule has 0 atom stereocenters. The Morgan fingerprint density at radius 2 is 1.88 bits per heavy atom. The van der Waals surface area contributed by atoms with E-state index in [2.05, 4.69) is 15.3 Å². The minimum atomic E-state index is -0.267. The number of hydrogen-bond donors (Lipinski definition) is 1. The van der Waals surface area contributed by atoms with Crippen LogP contribution in [-0.4, -0.2) is 9.97 Å². The Kier molecular flexibility index (Phi) is 3.76. The van der Waals surface area contributed by atoms with Crippen LogP contribution in [0.5, 0.6) is 0 Å². The van der Waals surface area contributed by atoms with Gasteiger partial charge < -0.3 is 5.32 Å². The van der Waals surface area contributed by atoms with Gasteiger partial charge in [-0.05, 0) is 29.3 Å². The maximum Gasteiger partial charge on any atom is 0.224 e. The molecule has 0 aliphatic heterocycles. The minimum Gasteiger partial charge on any atom is -0.365 e. The van der Waals surface area contributed by atoms with Crippen LogP contribution in [0.3, 0.4) is 0 Å². The van der Waals surface area contributed by atoms with E-state index in [0.717, 1.165) is 5.56 Å². The lowest BCUT2D eigenvalue weighted by Gasteiger charge is -2.07. The summed E-state index contributed by atoms with van der Waals surface area (Å²) in [5.74, 6) is 0.188. The second kappa shape index (κ2) is 5.29. The fraction of sp³-hybridized carbons (Fsp3) is 0.0909. The number of anilines is 1. The molecule has 2 aromatic rings. The fourth-order valence-corrected chi connectivity index (χ4v) is 1.55. The molecule has 0 aliphatic rings. The molecular weight excluding hydrogens is 264 g/mol. The smallest absolute Gasteiger partial charge is 0.224 e. The number of rotatable bonds is 3. The third-order valence-corrected chi connectivity index (χ3v) is 2.55. The molecule has 0 radical (unpaired) electrons. The Balaban J connectivity index is 2.07. The standard InChI is InChI=1S/C11H8Cl2FN3/c12-9-6-16-11(13)17-10(9)15-5-7-1-3-8(14)4-2-7/h1-4,6H,5H2,(H,15,16,17). The first kappa shape index (κ1) is 12.1. The van der Waals surface area contributed by atoms with Gasteiger partial charge in [-0.1, -0.05) is 23.7 Å². The van der Waals surface area contributed by atoms with E-state index in [1.54, 1.807) is 12.1 Å². The van der Waals surface area contributed by atoms with Crippen LogP contribution >= 0.6 is 23.2 Å². The zero-order chi connectivity index (χ0) is 12.3. The Morgan fingerprint density at radius 1 is 1.18 bits per heavy atom. The van der Waals surface area contributed by atoms with Crippen LogP contribution in [-0.2, 0) is 6.54 Å². The maximum absolute atomic E-state index is 12.7.